The molecule has 2 rings (SSSR count). The molecule has 0 spiro atoms. The highest BCUT2D eigenvalue weighted by Gasteiger charge is 2.32. The number of rotatable bonds is 4. The van der Waals surface area contributed by atoms with Crippen LogP contribution in [0.1, 0.15) is 48.2 Å². The Hall–Kier alpha value is -0.900. The number of hydrogen-bond acceptors (Lipinski definition) is 3. The van der Waals surface area contributed by atoms with Gasteiger partial charge in [0.05, 0.1) is 10.7 Å². The Labute approximate surface area is 99.5 Å². The quantitative estimate of drug-likeness (QED) is 0.879. The molecular weight excluding hydrogens is 222 g/mol. The molecule has 0 radical (unpaired) electrons. The van der Waals surface area contributed by atoms with E-state index in [1.54, 1.807) is 11.3 Å². The first-order valence-corrected chi connectivity index (χ1v) is 6.61. The zero-order chi connectivity index (χ0) is 11.7. The molecule has 0 aliphatic heterocycles. The van der Waals surface area contributed by atoms with Gasteiger partial charge >= 0.3 is 5.97 Å². The highest BCUT2D eigenvalue weighted by molar-refractivity contribution is 7.11. The maximum atomic E-state index is 11.0. The predicted molar refractivity (Wildman–Crippen MR) is 64.0 cm³/mol. The number of nitrogens with zero attached hydrogens (tertiary/aromatic N) is 1. The molecule has 88 valence electrons. The zero-order valence-electron chi connectivity index (χ0n) is 9.69. The molecule has 1 unspecified atom stereocenters. The van der Waals surface area contributed by atoms with E-state index in [4.69, 9.17) is 5.11 Å². The van der Waals surface area contributed by atoms with Gasteiger partial charge in [0.15, 0.2) is 0 Å². The fourth-order valence-corrected chi connectivity index (χ4v) is 3.20. The van der Waals surface area contributed by atoms with Crippen molar-refractivity contribution in [3.63, 3.8) is 0 Å². The Kier molecular flexibility index (Phi) is 3.28. The minimum absolute atomic E-state index is 0.348. The Balaban J connectivity index is 2.10. The predicted octanol–water partition coefficient (Wildman–Crippen LogP) is 2.85. The second-order valence-electron chi connectivity index (χ2n) is 4.78. The summed E-state index contributed by atoms with van der Waals surface area (Å²) in [5.74, 6) is -0.396. The van der Waals surface area contributed by atoms with E-state index >= 15 is 0 Å². The first-order chi connectivity index (χ1) is 7.58. The molecule has 16 heavy (non-hydrogen) atoms. The number of carboxylic acid groups (broad SMARTS) is 1. The topological polar surface area (TPSA) is 50.2 Å². The summed E-state index contributed by atoms with van der Waals surface area (Å²) in [4.78, 5) is 16.7. The number of hydrogen-bond donors (Lipinski definition) is 1. The molecule has 1 aromatic heterocycles. The van der Waals surface area contributed by atoms with E-state index in [9.17, 15) is 4.79 Å². The molecule has 0 saturated carbocycles. The van der Waals surface area contributed by atoms with Crippen molar-refractivity contribution in [1.29, 1.82) is 0 Å². The van der Waals surface area contributed by atoms with Gasteiger partial charge in [-0.15, -0.1) is 11.3 Å². The Morgan fingerprint density at radius 3 is 3.00 bits per heavy atom. The van der Waals surface area contributed by atoms with Crippen LogP contribution in [0.25, 0.3) is 0 Å². The SMILES string of the molecule is CC(C)CCc1nc2c(s1)CCC2C(=O)O. The smallest absolute Gasteiger partial charge is 0.312 e. The minimum Gasteiger partial charge on any atom is -0.481 e. The summed E-state index contributed by atoms with van der Waals surface area (Å²) >= 11 is 1.71. The van der Waals surface area contributed by atoms with Gasteiger partial charge in [-0.25, -0.2) is 4.98 Å². The molecule has 0 bridgehead atoms. The fraction of sp³-hybridized carbons (Fsp3) is 0.667. The maximum absolute atomic E-state index is 11.0. The molecule has 3 nitrogen and oxygen atoms in total. The van der Waals surface area contributed by atoms with E-state index in [0.717, 1.165) is 36.4 Å². The van der Waals surface area contributed by atoms with Crippen LogP contribution in [0.4, 0.5) is 0 Å². The van der Waals surface area contributed by atoms with Gasteiger partial charge in [-0.3, -0.25) is 4.79 Å². The van der Waals surface area contributed by atoms with Gasteiger partial charge in [-0.1, -0.05) is 13.8 Å². The lowest BCUT2D eigenvalue weighted by atomic mass is 10.1. The molecular formula is C12H17NO2S. The average Bonchev–Trinajstić information content (AvgIpc) is 2.71. The molecule has 1 aliphatic rings. The van der Waals surface area contributed by atoms with Crippen LogP contribution in [-0.4, -0.2) is 16.1 Å². The lowest BCUT2D eigenvalue weighted by molar-refractivity contribution is -0.138. The van der Waals surface area contributed by atoms with Crippen molar-refractivity contribution in [3.8, 4) is 0 Å². The van der Waals surface area contributed by atoms with Crippen LogP contribution in [0.5, 0.6) is 0 Å². The van der Waals surface area contributed by atoms with E-state index < -0.39 is 5.97 Å². The van der Waals surface area contributed by atoms with Crippen molar-refractivity contribution >= 4 is 17.3 Å². The second kappa shape index (κ2) is 4.53. The van der Waals surface area contributed by atoms with Crippen molar-refractivity contribution in [2.75, 3.05) is 0 Å². The molecule has 1 heterocycles. The number of aromatic nitrogens is 1. The van der Waals surface area contributed by atoms with Crippen LogP contribution in [0.3, 0.4) is 0 Å². The Morgan fingerprint density at radius 1 is 1.62 bits per heavy atom. The summed E-state index contributed by atoms with van der Waals surface area (Å²) in [7, 11) is 0. The van der Waals surface area contributed by atoms with Crippen LogP contribution in [0.15, 0.2) is 0 Å². The Morgan fingerprint density at radius 2 is 2.38 bits per heavy atom. The van der Waals surface area contributed by atoms with E-state index in [-0.39, 0.29) is 5.92 Å². The zero-order valence-corrected chi connectivity index (χ0v) is 10.5. The van der Waals surface area contributed by atoms with Crippen LogP contribution >= 0.6 is 11.3 Å². The van der Waals surface area contributed by atoms with Gasteiger partial charge < -0.3 is 5.11 Å². The summed E-state index contributed by atoms with van der Waals surface area (Å²) in [6.45, 7) is 4.39. The van der Waals surface area contributed by atoms with Crippen LogP contribution in [-0.2, 0) is 17.6 Å². The van der Waals surface area contributed by atoms with Crippen LogP contribution in [0, 0.1) is 5.92 Å². The summed E-state index contributed by atoms with van der Waals surface area (Å²) in [5.41, 5.74) is 0.844. The number of carbonyl (C=O) groups is 1. The molecule has 1 aromatic rings. The van der Waals surface area contributed by atoms with Crippen molar-refractivity contribution in [2.24, 2.45) is 5.92 Å². The summed E-state index contributed by atoms with van der Waals surface area (Å²) < 4.78 is 0. The highest BCUT2D eigenvalue weighted by atomic mass is 32.1. The van der Waals surface area contributed by atoms with Gasteiger partial charge in [-0.05, 0) is 31.6 Å². The molecule has 0 fully saturated rings. The number of carboxylic acids is 1. The largest absolute Gasteiger partial charge is 0.481 e. The van der Waals surface area contributed by atoms with Gasteiger partial charge in [0, 0.05) is 4.88 Å². The van der Waals surface area contributed by atoms with Crippen molar-refractivity contribution < 1.29 is 9.90 Å². The number of aryl methyl sites for hydroxylation is 2. The van der Waals surface area contributed by atoms with E-state index in [1.807, 2.05) is 0 Å². The third kappa shape index (κ3) is 2.26. The molecule has 0 aromatic carbocycles. The fourth-order valence-electron chi connectivity index (χ4n) is 2.04. The summed E-state index contributed by atoms with van der Waals surface area (Å²) in [5, 5.41) is 10.2. The minimum atomic E-state index is -0.723. The summed E-state index contributed by atoms with van der Waals surface area (Å²) in [6.07, 6.45) is 3.74. The van der Waals surface area contributed by atoms with E-state index in [1.165, 1.54) is 4.88 Å². The maximum Gasteiger partial charge on any atom is 0.312 e. The van der Waals surface area contributed by atoms with E-state index in [0.29, 0.717) is 5.92 Å². The molecule has 4 heteroatoms. The van der Waals surface area contributed by atoms with Gasteiger partial charge in [-0.2, -0.15) is 0 Å². The Bertz CT molecular complexity index is 398. The van der Waals surface area contributed by atoms with Gasteiger partial charge in [0.1, 0.15) is 5.92 Å². The first kappa shape index (κ1) is 11.6. The van der Waals surface area contributed by atoms with Crippen LogP contribution < -0.4 is 0 Å². The van der Waals surface area contributed by atoms with Gasteiger partial charge in [0.2, 0.25) is 0 Å². The second-order valence-corrected chi connectivity index (χ2v) is 5.95. The molecule has 1 N–H and O–H groups in total. The lowest BCUT2D eigenvalue weighted by Gasteiger charge is -2.03. The lowest BCUT2D eigenvalue weighted by Crippen LogP contribution is -2.08. The van der Waals surface area contributed by atoms with Crippen LogP contribution in [0.2, 0.25) is 0 Å². The normalized spacial score (nSPS) is 19.1. The average molecular weight is 239 g/mol. The molecule has 0 saturated heterocycles. The molecule has 0 amide bonds. The van der Waals surface area contributed by atoms with Crippen molar-refractivity contribution in [1.82, 2.24) is 4.98 Å². The molecule has 1 atom stereocenters. The third-order valence-electron chi connectivity index (χ3n) is 3.00. The first-order valence-electron chi connectivity index (χ1n) is 5.79. The third-order valence-corrected chi connectivity index (χ3v) is 4.19. The highest BCUT2D eigenvalue weighted by Crippen LogP contribution is 2.36. The standard InChI is InChI=1S/C12H17NO2S/c1-7(2)3-6-10-13-11-8(12(14)15)4-5-9(11)16-10/h7-8H,3-6H2,1-2H3,(H,14,15). The number of thiazole rings is 1. The number of aliphatic carboxylic acids is 1. The van der Waals surface area contributed by atoms with E-state index in [2.05, 4.69) is 18.8 Å². The molecule has 1 aliphatic carbocycles. The van der Waals surface area contributed by atoms with Crippen molar-refractivity contribution in [2.45, 2.75) is 45.4 Å². The monoisotopic (exact) mass is 239 g/mol. The van der Waals surface area contributed by atoms with Crippen molar-refractivity contribution in [3.05, 3.63) is 15.6 Å². The van der Waals surface area contributed by atoms with Gasteiger partial charge in [0.25, 0.3) is 0 Å². The summed E-state index contributed by atoms with van der Waals surface area (Å²) in [6, 6.07) is 0. The number of fused-ring (bicyclic) bond motifs is 1.